The van der Waals surface area contributed by atoms with E-state index in [4.69, 9.17) is 4.42 Å². The second-order valence-electron chi connectivity index (χ2n) is 4.98. The fraction of sp³-hybridized carbons (Fsp3) is 0.308. The molecule has 0 aromatic carbocycles. The molecule has 102 valence electrons. The van der Waals surface area contributed by atoms with Gasteiger partial charge in [-0.1, -0.05) is 0 Å². The van der Waals surface area contributed by atoms with Crippen LogP contribution in [0.5, 0.6) is 0 Å². The van der Waals surface area contributed by atoms with Crippen molar-refractivity contribution in [2.45, 2.75) is 6.04 Å². The molecule has 1 saturated heterocycles. The lowest BCUT2D eigenvalue weighted by molar-refractivity contribution is 0.201. The standard InChI is InChI=1S/C13H13N5O2/c1-16-9-6-10(8-17(7-9)13(16)19)18-4-2-11(15-18)12-14-3-5-20-12/h2-6,9H,7-8H2,1H3. The molecular weight excluding hydrogens is 258 g/mol. The third-order valence-corrected chi connectivity index (χ3v) is 3.75. The number of fused-ring (bicyclic) bond motifs is 2. The van der Waals surface area contributed by atoms with Gasteiger partial charge in [0.1, 0.15) is 12.0 Å². The van der Waals surface area contributed by atoms with Gasteiger partial charge in [0.25, 0.3) is 0 Å². The Balaban J connectivity index is 1.66. The average molecular weight is 271 g/mol. The van der Waals surface area contributed by atoms with Gasteiger partial charge in [-0.2, -0.15) is 5.10 Å². The van der Waals surface area contributed by atoms with Crippen molar-refractivity contribution in [2.75, 3.05) is 20.1 Å². The van der Waals surface area contributed by atoms with Crippen LogP contribution in [0.1, 0.15) is 0 Å². The summed E-state index contributed by atoms with van der Waals surface area (Å²) in [6, 6.07) is 2.05. The molecule has 20 heavy (non-hydrogen) atoms. The molecule has 0 aliphatic carbocycles. The minimum absolute atomic E-state index is 0.0707. The van der Waals surface area contributed by atoms with E-state index in [1.165, 1.54) is 6.26 Å². The van der Waals surface area contributed by atoms with E-state index in [-0.39, 0.29) is 12.1 Å². The molecule has 7 nitrogen and oxygen atoms in total. The normalized spacial score (nSPS) is 21.6. The molecule has 1 fully saturated rings. The Morgan fingerprint density at radius 3 is 3.10 bits per heavy atom. The average Bonchev–Trinajstić information content (AvgIpc) is 3.17. The second kappa shape index (κ2) is 3.96. The van der Waals surface area contributed by atoms with Crippen LogP contribution in [0.4, 0.5) is 4.79 Å². The summed E-state index contributed by atoms with van der Waals surface area (Å²) in [5.41, 5.74) is 1.68. The van der Waals surface area contributed by atoms with Gasteiger partial charge in [0.15, 0.2) is 0 Å². The fourth-order valence-corrected chi connectivity index (χ4v) is 2.66. The molecule has 7 heteroatoms. The summed E-state index contributed by atoms with van der Waals surface area (Å²) >= 11 is 0. The molecular formula is C13H13N5O2. The number of carbonyl (C=O) groups is 1. The molecule has 2 amide bonds. The van der Waals surface area contributed by atoms with Gasteiger partial charge in [-0.05, 0) is 12.1 Å². The molecule has 2 aliphatic rings. The van der Waals surface area contributed by atoms with E-state index < -0.39 is 0 Å². The summed E-state index contributed by atoms with van der Waals surface area (Å²) in [5.74, 6) is 0.497. The van der Waals surface area contributed by atoms with E-state index in [0.29, 0.717) is 18.1 Å². The summed E-state index contributed by atoms with van der Waals surface area (Å²) in [6.07, 6.45) is 7.07. The maximum Gasteiger partial charge on any atom is 0.320 e. The van der Waals surface area contributed by atoms with Crippen LogP contribution in [0.25, 0.3) is 17.3 Å². The number of oxazole rings is 1. The molecule has 2 aromatic rings. The Morgan fingerprint density at radius 1 is 1.45 bits per heavy atom. The van der Waals surface area contributed by atoms with Gasteiger partial charge in [0, 0.05) is 19.8 Å². The summed E-state index contributed by atoms with van der Waals surface area (Å²) in [7, 11) is 1.83. The zero-order valence-electron chi connectivity index (χ0n) is 10.9. The molecule has 2 aromatic heterocycles. The molecule has 0 radical (unpaired) electrons. The van der Waals surface area contributed by atoms with Gasteiger partial charge in [-0.3, -0.25) is 0 Å². The highest BCUT2D eigenvalue weighted by Crippen LogP contribution is 2.25. The fourth-order valence-electron chi connectivity index (χ4n) is 2.66. The zero-order valence-corrected chi connectivity index (χ0v) is 10.9. The van der Waals surface area contributed by atoms with Crippen LogP contribution >= 0.6 is 0 Å². The van der Waals surface area contributed by atoms with Gasteiger partial charge >= 0.3 is 6.03 Å². The first-order valence-corrected chi connectivity index (χ1v) is 6.41. The van der Waals surface area contributed by atoms with Gasteiger partial charge in [-0.15, -0.1) is 0 Å². The predicted molar refractivity (Wildman–Crippen MR) is 70.5 cm³/mol. The lowest BCUT2D eigenvalue weighted by atomic mass is 10.2. The van der Waals surface area contributed by atoms with Crippen molar-refractivity contribution in [1.29, 1.82) is 0 Å². The lowest BCUT2D eigenvalue weighted by Crippen LogP contribution is -2.31. The quantitative estimate of drug-likeness (QED) is 0.821. The van der Waals surface area contributed by atoms with Crippen molar-refractivity contribution in [2.24, 2.45) is 0 Å². The van der Waals surface area contributed by atoms with Crippen LogP contribution < -0.4 is 0 Å². The first-order chi connectivity index (χ1) is 9.72. The summed E-state index contributed by atoms with van der Waals surface area (Å²) in [4.78, 5) is 19.6. The van der Waals surface area contributed by atoms with Crippen LogP contribution in [0.3, 0.4) is 0 Å². The third-order valence-electron chi connectivity index (χ3n) is 3.75. The van der Waals surface area contributed by atoms with Crippen molar-refractivity contribution in [3.8, 4) is 11.6 Å². The van der Waals surface area contributed by atoms with E-state index >= 15 is 0 Å². The molecule has 2 bridgehead atoms. The highest BCUT2D eigenvalue weighted by Gasteiger charge is 2.37. The van der Waals surface area contributed by atoms with Crippen molar-refractivity contribution >= 4 is 11.7 Å². The van der Waals surface area contributed by atoms with Gasteiger partial charge in [-0.25, -0.2) is 14.5 Å². The Hall–Kier alpha value is -2.57. The van der Waals surface area contributed by atoms with Crippen LogP contribution in [-0.2, 0) is 0 Å². The van der Waals surface area contributed by atoms with Crippen molar-refractivity contribution in [1.82, 2.24) is 24.6 Å². The molecule has 1 unspecified atom stereocenters. The van der Waals surface area contributed by atoms with Gasteiger partial charge in [0.2, 0.25) is 5.89 Å². The Labute approximate surface area is 115 Å². The maximum absolute atomic E-state index is 11.9. The number of aromatic nitrogens is 3. The molecule has 2 aliphatic heterocycles. The number of rotatable bonds is 2. The predicted octanol–water partition coefficient (Wildman–Crippen LogP) is 1.13. The molecule has 0 spiro atoms. The Bertz CT molecular complexity index is 687. The number of hydrogen-bond acceptors (Lipinski definition) is 4. The highest BCUT2D eigenvalue weighted by molar-refractivity contribution is 5.80. The molecule has 0 saturated carbocycles. The van der Waals surface area contributed by atoms with Crippen molar-refractivity contribution < 1.29 is 9.21 Å². The van der Waals surface area contributed by atoms with Gasteiger partial charge in [0.05, 0.1) is 24.5 Å². The summed E-state index contributed by atoms with van der Waals surface area (Å²) in [5, 5.41) is 4.46. The Morgan fingerprint density at radius 2 is 2.35 bits per heavy atom. The molecule has 4 rings (SSSR count). The van der Waals surface area contributed by atoms with Crippen LogP contribution in [-0.4, -0.2) is 56.8 Å². The highest BCUT2D eigenvalue weighted by atomic mass is 16.3. The number of nitrogens with zero attached hydrogens (tertiary/aromatic N) is 5. The third kappa shape index (κ3) is 1.56. The van der Waals surface area contributed by atoms with Crippen LogP contribution in [0, 0.1) is 0 Å². The largest absolute Gasteiger partial charge is 0.443 e. The van der Waals surface area contributed by atoms with E-state index in [1.54, 1.807) is 15.8 Å². The van der Waals surface area contributed by atoms with Crippen LogP contribution in [0.15, 0.2) is 35.2 Å². The number of carbonyl (C=O) groups excluding carboxylic acids is 1. The van der Waals surface area contributed by atoms with Crippen LogP contribution in [0.2, 0.25) is 0 Å². The van der Waals surface area contributed by atoms with E-state index in [9.17, 15) is 4.79 Å². The van der Waals surface area contributed by atoms with E-state index in [2.05, 4.69) is 16.2 Å². The van der Waals surface area contributed by atoms with E-state index in [1.807, 2.05) is 24.2 Å². The van der Waals surface area contributed by atoms with Gasteiger partial charge < -0.3 is 14.2 Å². The first-order valence-electron chi connectivity index (χ1n) is 6.41. The Kier molecular flexibility index (Phi) is 2.23. The maximum atomic E-state index is 11.9. The SMILES string of the molecule is CN1C(=O)N2CC(n3ccc(-c4ncco4)n3)=CC1C2. The smallest absolute Gasteiger partial charge is 0.320 e. The number of urea groups is 1. The lowest BCUT2D eigenvalue weighted by Gasteiger charge is -2.21. The first kappa shape index (κ1) is 11.3. The van der Waals surface area contributed by atoms with E-state index in [0.717, 1.165) is 12.2 Å². The summed E-state index contributed by atoms with van der Waals surface area (Å²) in [6.45, 7) is 1.33. The molecule has 4 heterocycles. The second-order valence-corrected chi connectivity index (χ2v) is 4.98. The topological polar surface area (TPSA) is 67.4 Å². The number of amides is 2. The zero-order chi connectivity index (χ0) is 13.7. The minimum atomic E-state index is 0.0707. The number of hydrogen-bond donors (Lipinski definition) is 0. The van der Waals surface area contributed by atoms with Crippen molar-refractivity contribution in [3.05, 3.63) is 30.8 Å². The van der Waals surface area contributed by atoms with Crippen molar-refractivity contribution in [3.63, 3.8) is 0 Å². The summed E-state index contributed by atoms with van der Waals surface area (Å²) < 4.78 is 7.01. The minimum Gasteiger partial charge on any atom is -0.443 e. The molecule has 0 N–H and O–H groups in total. The number of likely N-dealkylation sites (N-methyl/N-ethyl adjacent to an activating group) is 1. The molecule has 1 atom stereocenters. The monoisotopic (exact) mass is 271 g/mol.